The number of benzene rings is 1. The molecule has 5 nitrogen and oxygen atoms in total. The summed E-state index contributed by atoms with van der Waals surface area (Å²) in [5.74, 6) is -1.29. The number of carboxylic acid groups (broad SMARTS) is 1. The maximum absolute atomic E-state index is 14.0. The Kier molecular flexibility index (Phi) is 4.67. The summed E-state index contributed by atoms with van der Waals surface area (Å²) in [5.41, 5.74) is -0.0328. The molecule has 0 saturated carbocycles. The second kappa shape index (κ2) is 6.76. The minimum absolute atomic E-state index is 0.0504. The number of nitrogens with zero attached hydrogens (tertiary/aromatic N) is 2. The van der Waals surface area contributed by atoms with E-state index in [1.807, 2.05) is 6.92 Å². The molecule has 0 amide bonds. The summed E-state index contributed by atoms with van der Waals surface area (Å²) in [7, 11) is 0. The Morgan fingerprint density at radius 3 is 2.76 bits per heavy atom. The fourth-order valence-corrected chi connectivity index (χ4v) is 3.68. The van der Waals surface area contributed by atoms with E-state index in [9.17, 15) is 19.1 Å². The molecular weight excluding hydrogens is 343 g/mol. The number of rotatable bonds is 5. The minimum atomic E-state index is -1.14. The lowest BCUT2D eigenvalue weighted by atomic mass is 10.1. The van der Waals surface area contributed by atoms with Crippen molar-refractivity contribution >= 4 is 27.5 Å². The Labute approximate surface area is 147 Å². The molecule has 0 aliphatic carbocycles. The van der Waals surface area contributed by atoms with Crippen molar-refractivity contribution in [2.75, 3.05) is 0 Å². The Morgan fingerprint density at radius 2 is 2.12 bits per heavy atom. The van der Waals surface area contributed by atoms with Crippen LogP contribution in [0, 0.1) is 5.82 Å². The zero-order valence-corrected chi connectivity index (χ0v) is 14.6. The van der Waals surface area contributed by atoms with Crippen molar-refractivity contribution in [2.24, 2.45) is 0 Å². The molecule has 0 saturated heterocycles. The minimum Gasteiger partial charge on any atom is -0.480 e. The SMILES string of the molecule is CCc1cc2c(=O)n(C(C)C(=O)O)c(Cc3ccccc3F)nc2s1. The number of hydrogen-bond donors (Lipinski definition) is 1. The topological polar surface area (TPSA) is 72.2 Å². The number of halogens is 1. The molecule has 3 rings (SSSR count). The van der Waals surface area contributed by atoms with E-state index in [-0.39, 0.29) is 12.2 Å². The van der Waals surface area contributed by atoms with Gasteiger partial charge in [-0.1, -0.05) is 25.1 Å². The molecule has 0 radical (unpaired) electrons. The normalized spacial score (nSPS) is 12.4. The predicted octanol–water partition coefficient (Wildman–Crippen LogP) is 3.40. The van der Waals surface area contributed by atoms with E-state index in [4.69, 9.17) is 0 Å². The molecule has 7 heteroatoms. The Balaban J connectivity index is 2.24. The smallest absolute Gasteiger partial charge is 0.326 e. The van der Waals surface area contributed by atoms with Gasteiger partial charge in [-0.05, 0) is 31.0 Å². The third kappa shape index (κ3) is 3.19. The van der Waals surface area contributed by atoms with Gasteiger partial charge in [-0.15, -0.1) is 11.3 Å². The largest absolute Gasteiger partial charge is 0.480 e. The third-order valence-electron chi connectivity index (χ3n) is 4.12. The summed E-state index contributed by atoms with van der Waals surface area (Å²) in [5, 5.41) is 9.78. The molecule has 2 aromatic heterocycles. The molecule has 130 valence electrons. The molecule has 1 unspecified atom stereocenters. The predicted molar refractivity (Wildman–Crippen MR) is 94.8 cm³/mol. The second-order valence-electron chi connectivity index (χ2n) is 5.77. The van der Waals surface area contributed by atoms with E-state index in [2.05, 4.69) is 4.98 Å². The van der Waals surface area contributed by atoms with E-state index in [1.165, 1.54) is 24.3 Å². The van der Waals surface area contributed by atoms with Crippen molar-refractivity contribution in [1.82, 2.24) is 9.55 Å². The van der Waals surface area contributed by atoms with Gasteiger partial charge in [0.15, 0.2) is 0 Å². The number of aryl methyl sites for hydroxylation is 1. The molecule has 25 heavy (non-hydrogen) atoms. The number of carboxylic acids is 1. The van der Waals surface area contributed by atoms with Crippen molar-refractivity contribution in [3.8, 4) is 0 Å². The van der Waals surface area contributed by atoms with Crippen molar-refractivity contribution in [3.05, 3.63) is 62.8 Å². The number of thiophene rings is 1. The summed E-state index contributed by atoms with van der Waals surface area (Å²) >= 11 is 1.40. The van der Waals surface area contributed by atoms with Crippen molar-refractivity contribution in [1.29, 1.82) is 0 Å². The van der Waals surface area contributed by atoms with Gasteiger partial charge < -0.3 is 5.11 Å². The second-order valence-corrected chi connectivity index (χ2v) is 6.89. The van der Waals surface area contributed by atoms with Crippen LogP contribution in [0.1, 0.15) is 36.2 Å². The fraction of sp³-hybridized carbons (Fsp3) is 0.278. The van der Waals surface area contributed by atoms with Gasteiger partial charge in [0.25, 0.3) is 5.56 Å². The van der Waals surface area contributed by atoms with Crippen LogP contribution < -0.4 is 5.56 Å². The van der Waals surface area contributed by atoms with Crippen LogP contribution in [0.15, 0.2) is 35.1 Å². The molecule has 0 spiro atoms. The van der Waals surface area contributed by atoms with Crippen molar-refractivity contribution in [3.63, 3.8) is 0 Å². The summed E-state index contributed by atoms with van der Waals surface area (Å²) < 4.78 is 15.2. The first-order chi connectivity index (χ1) is 11.9. The number of aliphatic carboxylic acids is 1. The monoisotopic (exact) mass is 360 g/mol. The van der Waals surface area contributed by atoms with Gasteiger partial charge in [-0.3, -0.25) is 9.36 Å². The average Bonchev–Trinajstić information content (AvgIpc) is 3.00. The molecule has 2 heterocycles. The first kappa shape index (κ1) is 17.3. The Morgan fingerprint density at radius 1 is 1.40 bits per heavy atom. The lowest BCUT2D eigenvalue weighted by Gasteiger charge is -2.16. The summed E-state index contributed by atoms with van der Waals surface area (Å²) in [6, 6.07) is 6.88. The van der Waals surface area contributed by atoms with E-state index in [0.29, 0.717) is 15.8 Å². The molecule has 1 aromatic carbocycles. The molecule has 1 atom stereocenters. The molecule has 0 aliphatic heterocycles. The highest BCUT2D eigenvalue weighted by molar-refractivity contribution is 7.18. The summed E-state index contributed by atoms with van der Waals surface area (Å²) in [6.07, 6.45) is 0.812. The van der Waals surface area contributed by atoms with Crippen LogP contribution in [0.3, 0.4) is 0 Å². The fourth-order valence-electron chi connectivity index (χ4n) is 2.71. The highest BCUT2D eigenvalue weighted by Gasteiger charge is 2.22. The first-order valence-electron chi connectivity index (χ1n) is 7.92. The zero-order valence-electron chi connectivity index (χ0n) is 13.8. The van der Waals surface area contributed by atoms with Gasteiger partial charge in [0, 0.05) is 11.3 Å². The highest BCUT2D eigenvalue weighted by Crippen LogP contribution is 2.24. The van der Waals surface area contributed by atoms with Crippen molar-refractivity contribution in [2.45, 2.75) is 32.7 Å². The first-order valence-corrected chi connectivity index (χ1v) is 8.74. The van der Waals surface area contributed by atoms with E-state index < -0.39 is 23.4 Å². The van der Waals surface area contributed by atoms with Crippen LogP contribution in [0.5, 0.6) is 0 Å². The van der Waals surface area contributed by atoms with Crippen LogP contribution in [0.2, 0.25) is 0 Å². The summed E-state index contributed by atoms with van der Waals surface area (Å²) in [4.78, 5) is 30.4. The van der Waals surface area contributed by atoms with Crippen molar-refractivity contribution < 1.29 is 14.3 Å². The van der Waals surface area contributed by atoms with E-state index >= 15 is 0 Å². The zero-order chi connectivity index (χ0) is 18.1. The van der Waals surface area contributed by atoms with E-state index in [0.717, 1.165) is 15.9 Å². The number of carbonyl (C=O) groups is 1. The van der Waals surface area contributed by atoms with Gasteiger partial charge in [0.05, 0.1) is 5.39 Å². The lowest BCUT2D eigenvalue weighted by molar-refractivity contribution is -0.140. The van der Waals surface area contributed by atoms with Gasteiger partial charge in [-0.2, -0.15) is 0 Å². The highest BCUT2D eigenvalue weighted by atomic mass is 32.1. The van der Waals surface area contributed by atoms with Crippen LogP contribution >= 0.6 is 11.3 Å². The number of fused-ring (bicyclic) bond motifs is 1. The summed E-state index contributed by atoms with van der Waals surface area (Å²) in [6.45, 7) is 3.40. The molecule has 3 aromatic rings. The third-order valence-corrected chi connectivity index (χ3v) is 5.29. The van der Waals surface area contributed by atoms with Crippen LogP contribution in [0.4, 0.5) is 4.39 Å². The Bertz CT molecular complexity index is 1010. The quantitative estimate of drug-likeness (QED) is 0.757. The van der Waals surface area contributed by atoms with Gasteiger partial charge >= 0.3 is 5.97 Å². The molecule has 0 fully saturated rings. The van der Waals surface area contributed by atoms with Crippen LogP contribution in [-0.4, -0.2) is 20.6 Å². The van der Waals surface area contributed by atoms with E-state index in [1.54, 1.807) is 24.3 Å². The average molecular weight is 360 g/mol. The molecule has 0 bridgehead atoms. The van der Waals surface area contributed by atoms with Crippen LogP contribution in [0.25, 0.3) is 10.2 Å². The van der Waals surface area contributed by atoms with Gasteiger partial charge in [0.2, 0.25) is 0 Å². The lowest BCUT2D eigenvalue weighted by Crippen LogP contribution is -2.31. The maximum Gasteiger partial charge on any atom is 0.326 e. The number of aromatic nitrogens is 2. The van der Waals surface area contributed by atoms with Gasteiger partial charge in [-0.25, -0.2) is 14.2 Å². The molecule has 0 aliphatic rings. The van der Waals surface area contributed by atoms with Crippen LogP contribution in [-0.2, 0) is 17.6 Å². The molecule has 1 N–H and O–H groups in total. The molecular formula is C18H17FN2O3S. The Hall–Kier alpha value is -2.54. The number of hydrogen-bond acceptors (Lipinski definition) is 4. The maximum atomic E-state index is 14.0. The van der Waals surface area contributed by atoms with Gasteiger partial charge in [0.1, 0.15) is 22.5 Å². The standard InChI is InChI=1S/C18H17FN2O3S/c1-3-12-9-13-16(25-12)20-15(8-11-6-4-5-7-14(11)19)21(17(13)22)10(2)18(23)24/h4-7,9-10H,3,8H2,1-2H3,(H,23,24).